The first-order valence-corrected chi connectivity index (χ1v) is 8.04. The van der Waals surface area contributed by atoms with Gasteiger partial charge in [-0.25, -0.2) is 18.1 Å². The first kappa shape index (κ1) is 15.6. The Balaban J connectivity index is 2.29. The summed E-state index contributed by atoms with van der Waals surface area (Å²) >= 11 is 0. The molecule has 0 bridgehead atoms. The number of sulfonamides is 1. The van der Waals surface area contributed by atoms with E-state index in [1.165, 1.54) is 6.33 Å². The van der Waals surface area contributed by atoms with Crippen LogP contribution in [-0.2, 0) is 16.6 Å². The van der Waals surface area contributed by atoms with Gasteiger partial charge in [-0.3, -0.25) is 5.10 Å². The Bertz CT molecular complexity index is 697. The van der Waals surface area contributed by atoms with E-state index in [0.717, 1.165) is 11.1 Å². The summed E-state index contributed by atoms with van der Waals surface area (Å²) < 4.78 is 27.6. The van der Waals surface area contributed by atoms with Gasteiger partial charge in [-0.05, 0) is 38.1 Å². The Morgan fingerprint density at radius 1 is 1.38 bits per heavy atom. The lowest BCUT2D eigenvalue weighted by atomic mass is 10.1. The molecule has 0 spiro atoms. The molecule has 0 aliphatic carbocycles. The Morgan fingerprint density at radius 2 is 2.14 bits per heavy atom. The van der Waals surface area contributed by atoms with E-state index < -0.39 is 16.1 Å². The van der Waals surface area contributed by atoms with E-state index in [1.54, 1.807) is 26.0 Å². The van der Waals surface area contributed by atoms with E-state index in [0.29, 0.717) is 12.4 Å². The fourth-order valence-corrected chi connectivity index (χ4v) is 3.60. The van der Waals surface area contributed by atoms with Crippen molar-refractivity contribution in [2.24, 2.45) is 0 Å². The maximum Gasteiger partial charge on any atom is 0.241 e. The van der Waals surface area contributed by atoms with Gasteiger partial charge >= 0.3 is 0 Å². The van der Waals surface area contributed by atoms with E-state index in [-0.39, 0.29) is 4.90 Å². The van der Waals surface area contributed by atoms with Gasteiger partial charge in [-0.15, -0.1) is 0 Å². The van der Waals surface area contributed by atoms with Crippen molar-refractivity contribution < 1.29 is 8.42 Å². The number of rotatable bonds is 6. The molecule has 0 aliphatic heterocycles. The Morgan fingerprint density at radius 3 is 2.76 bits per heavy atom. The van der Waals surface area contributed by atoms with E-state index in [2.05, 4.69) is 25.2 Å². The average molecular weight is 309 g/mol. The first-order chi connectivity index (χ1) is 9.95. The molecule has 8 heteroatoms. The van der Waals surface area contributed by atoms with Gasteiger partial charge < -0.3 is 5.32 Å². The predicted octanol–water partition coefficient (Wildman–Crippen LogP) is 0.872. The fourth-order valence-electron chi connectivity index (χ4n) is 2.11. The molecule has 1 aromatic carbocycles. The highest BCUT2D eigenvalue weighted by Crippen LogP contribution is 2.20. The van der Waals surface area contributed by atoms with Crippen molar-refractivity contribution in [1.82, 2.24) is 25.2 Å². The Kier molecular flexibility index (Phi) is 4.71. The standard InChI is InChI=1S/C13H19N5O2S/c1-9-11(7-14-3)5-4-6-12(9)21(19,20)18-10(2)13-15-8-16-17-13/h4-6,8,10,14,18H,7H2,1-3H3,(H,15,16,17). The smallest absolute Gasteiger partial charge is 0.241 e. The Labute approximate surface area is 124 Å². The minimum absolute atomic E-state index is 0.279. The van der Waals surface area contributed by atoms with Gasteiger partial charge in [0.1, 0.15) is 12.2 Å². The largest absolute Gasteiger partial charge is 0.316 e. The zero-order valence-corrected chi connectivity index (χ0v) is 13.0. The number of nitrogens with zero attached hydrogens (tertiary/aromatic N) is 2. The summed E-state index contributed by atoms with van der Waals surface area (Å²) in [5.41, 5.74) is 1.69. The molecule has 0 amide bonds. The molecule has 3 N–H and O–H groups in total. The summed E-state index contributed by atoms with van der Waals surface area (Å²) in [4.78, 5) is 4.24. The SMILES string of the molecule is CNCc1cccc(S(=O)(=O)NC(C)c2ncn[nH]2)c1C. The van der Waals surface area contributed by atoms with Crippen LogP contribution in [-0.4, -0.2) is 30.6 Å². The van der Waals surface area contributed by atoms with Gasteiger partial charge in [0.2, 0.25) is 10.0 Å². The molecule has 0 saturated carbocycles. The number of hydrogen-bond donors (Lipinski definition) is 3. The van der Waals surface area contributed by atoms with E-state index in [9.17, 15) is 8.42 Å². The maximum absolute atomic E-state index is 12.5. The van der Waals surface area contributed by atoms with Crippen molar-refractivity contribution in [1.29, 1.82) is 0 Å². The van der Waals surface area contributed by atoms with Crippen LogP contribution in [0.2, 0.25) is 0 Å². The highest BCUT2D eigenvalue weighted by atomic mass is 32.2. The fraction of sp³-hybridized carbons (Fsp3) is 0.385. The number of H-pyrrole nitrogens is 1. The van der Waals surface area contributed by atoms with E-state index in [4.69, 9.17) is 0 Å². The Hall–Kier alpha value is -1.77. The number of aromatic amines is 1. The molecule has 1 atom stereocenters. The summed E-state index contributed by atoms with van der Waals surface area (Å²) in [6.45, 7) is 4.14. The number of aromatic nitrogens is 3. The van der Waals surface area contributed by atoms with Crippen LogP contribution in [0.5, 0.6) is 0 Å². The van der Waals surface area contributed by atoms with Crippen molar-refractivity contribution in [2.45, 2.75) is 31.3 Å². The third-order valence-corrected chi connectivity index (χ3v) is 4.91. The molecule has 2 aromatic rings. The van der Waals surface area contributed by atoms with Crippen LogP contribution >= 0.6 is 0 Å². The third-order valence-electron chi connectivity index (χ3n) is 3.23. The van der Waals surface area contributed by atoms with Crippen LogP contribution in [0.15, 0.2) is 29.4 Å². The molecular formula is C13H19N5O2S. The van der Waals surface area contributed by atoms with Crippen LogP contribution in [0.3, 0.4) is 0 Å². The van der Waals surface area contributed by atoms with Crippen molar-refractivity contribution in [3.63, 3.8) is 0 Å². The van der Waals surface area contributed by atoms with Crippen LogP contribution in [0.4, 0.5) is 0 Å². The van der Waals surface area contributed by atoms with Gasteiger partial charge in [0, 0.05) is 6.54 Å². The summed E-state index contributed by atoms with van der Waals surface area (Å²) in [5.74, 6) is 0.475. The molecule has 21 heavy (non-hydrogen) atoms. The van der Waals surface area contributed by atoms with Crippen molar-refractivity contribution in [3.05, 3.63) is 41.5 Å². The molecule has 114 valence electrons. The minimum atomic E-state index is -3.62. The number of hydrogen-bond acceptors (Lipinski definition) is 5. The minimum Gasteiger partial charge on any atom is -0.316 e. The van der Waals surface area contributed by atoms with Gasteiger partial charge in [0.15, 0.2) is 0 Å². The highest BCUT2D eigenvalue weighted by Gasteiger charge is 2.22. The number of nitrogens with one attached hydrogen (secondary N) is 3. The van der Waals surface area contributed by atoms with Crippen molar-refractivity contribution in [2.75, 3.05) is 7.05 Å². The zero-order valence-electron chi connectivity index (χ0n) is 12.2. The summed E-state index contributed by atoms with van der Waals surface area (Å²) in [7, 11) is -1.80. The van der Waals surface area contributed by atoms with Gasteiger partial charge in [-0.2, -0.15) is 5.10 Å². The molecule has 0 fully saturated rings. The summed E-state index contributed by atoms with van der Waals surface area (Å²) in [5, 5.41) is 9.41. The molecule has 0 saturated heterocycles. The van der Waals surface area contributed by atoms with Crippen molar-refractivity contribution >= 4 is 10.0 Å². The van der Waals surface area contributed by atoms with Crippen LogP contribution in [0.1, 0.15) is 29.9 Å². The maximum atomic E-state index is 12.5. The van der Waals surface area contributed by atoms with E-state index >= 15 is 0 Å². The normalized spacial score (nSPS) is 13.3. The predicted molar refractivity (Wildman–Crippen MR) is 79.1 cm³/mol. The second-order valence-electron chi connectivity index (χ2n) is 4.78. The van der Waals surface area contributed by atoms with Gasteiger partial charge in [-0.1, -0.05) is 12.1 Å². The van der Waals surface area contributed by atoms with Crippen LogP contribution < -0.4 is 10.0 Å². The van der Waals surface area contributed by atoms with Gasteiger partial charge in [0.05, 0.1) is 10.9 Å². The van der Waals surface area contributed by atoms with Crippen molar-refractivity contribution in [3.8, 4) is 0 Å². The van der Waals surface area contributed by atoms with E-state index in [1.807, 2.05) is 13.1 Å². The highest BCUT2D eigenvalue weighted by molar-refractivity contribution is 7.89. The second kappa shape index (κ2) is 6.33. The first-order valence-electron chi connectivity index (χ1n) is 6.56. The molecule has 0 radical (unpaired) electrons. The molecule has 1 aromatic heterocycles. The zero-order chi connectivity index (χ0) is 15.5. The average Bonchev–Trinajstić information content (AvgIpc) is 2.94. The quantitative estimate of drug-likeness (QED) is 0.735. The van der Waals surface area contributed by atoms with Crippen LogP contribution in [0, 0.1) is 6.92 Å². The molecule has 7 nitrogen and oxygen atoms in total. The monoisotopic (exact) mass is 309 g/mol. The van der Waals surface area contributed by atoms with Gasteiger partial charge in [0.25, 0.3) is 0 Å². The summed E-state index contributed by atoms with van der Waals surface area (Å²) in [6, 6.07) is 4.77. The lowest BCUT2D eigenvalue weighted by molar-refractivity contribution is 0.559. The van der Waals surface area contributed by atoms with Crippen LogP contribution in [0.25, 0.3) is 0 Å². The molecule has 2 rings (SSSR count). The lowest BCUT2D eigenvalue weighted by Gasteiger charge is -2.15. The third kappa shape index (κ3) is 3.46. The molecule has 1 unspecified atom stereocenters. The molecule has 1 heterocycles. The molecular weight excluding hydrogens is 290 g/mol. The lowest BCUT2D eigenvalue weighted by Crippen LogP contribution is -2.28. The number of benzene rings is 1. The summed E-state index contributed by atoms with van der Waals surface area (Å²) in [6.07, 6.45) is 1.35. The second-order valence-corrected chi connectivity index (χ2v) is 6.47. The topological polar surface area (TPSA) is 99.8 Å². The molecule has 0 aliphatic rings.